The van der Waals surface area contributed by atoms with Crippen molar-refractivity contribution in [2.45, 2.75) is 90.9 Å². The quantitative estimate of drug-likeness (QED) is 0.0885. The van der Waals surface area contributed by atoms with E-state index in [9.17, 15) is 79.2 Å². The Morgan fingerprint density at radius 3 is 1.30 bits per heavy atom. The van der Waals surface area contributed by atoms with E-state index in [0.717, 1.165) is 0 Å². The van der Waals surface area contributed by atoms with Crippen LogP contribution in [-0.4, -0.2) is 88.6 Å². The fourth-order valence-electron chi connectivity index (χ4n) is 8.27. The van der Waals surface area contributed by atoms with E-state index in [2.05, 4.69) is 9.97 Å². The van der Waals surface area contributed by atoms with Crippen LogP contribution in [0.2, 0.25) is 0 Å². The first-order valence-corrected chi connectivity index (χ1v) is 19.2. The maximum absolute atomic E-state index is 12.6. The van der Waals surface area contributed by atoms with Crippen LogP contribution in [0.3, 0.4) is 0 Å². The van der Waals surface area contributed by atoms with Gasteiger partial charge in [-0.15, -0.1) is 33.5 Å². The molecule has 8 N–H and O–H groups in total. The molecular formula is C42H42FeN4O16. The Kier molecular flexibility index (Phi) is 15.1. The molecule has 0 amide bonds. The summed E-state index contributed by atoms with van der Waals surface area (Å²) in [4.78, 5) is 107. The van der Waals surface area contributed by atoms with Crippen molar-refractivity contribution in [3.63, 3.8) is 0 Å². The Morgan fingerprint density at radius 1 is 0.444 bits per heavy atom. The van der Waals surface area contributed by atoms with E-state index in [0.29, 0.717) is 0 Å². The second-order valence-electron chi connectivity index (χ2n) is 15.5. The van der Waals surface area contributed by atoms with Crippen molar-refractivity contribution in [1.29, 1.82) is 0 Å². The normalized spacial score (nSPS) is 18.8. The third kappa shape index (κ3) is 11.0. The van der Waals surface area contributed by atoms with Crippen LogP contribution in [0.4, 0.5) is 0 Å². The molecular weight excluding hydrogens is 872 g/mol. The van der Waals surface area contributed by atoms with Gasteiger partial charge in [-0.1, -0.05) is 60.4 Å². The van der Waals surface area contributed by atoms with Gasteiger partial charge < -0.3 is 61.5 Å². The molecule has 2 aromatic rings. The minimum Gasteiger partial charge on any atom is -0.661 e. The van der Waals surface area contributed by atoms with Crippen LogP contribution in [0.1, 0.15) is 98.9 Å². The molecule has 21 heteroatoms. The Morgan fingerprint density at radius 2 is 0.841 bits per heavy atom. The number of aromatic nitrogens is 2. The number of rotatable bonds is 20. The fraction of sp³-hybridized carbons (Fsp3) is 0.381. The van der Waals surface area contributed by atoms with Gasteiger partial charge in [0.25, 0.3) is 0 Å². The average molecular weight is 915 g/mol. The second kappa shape index (κ2) is 19.5. The van der Waals surface area contributed by atoms with Gasteiger partial charge >= 0.3 is 64.8 Å². The first kappa shape index (κ1) is 48.8. The summed E-state index contributed by atoms with van der Waals surface area (Å²) in [6.07, 6.45) is -0.609. The van der Waals surface area contributed by atoms with Gasteiger partial charge in [-0.3, -0.25) is 38.4 Å². The van der Waals surface area contributed by atoms with Gasteiger partial charge in [-0.05, 0) is 36.8 Å². The van der Waals surface area contributed by atoms with Gasteiger partial charge in [-0.2, -0.15) is 11.4 Å². The van der Waals surface area contributed by atoms with Crippen molar-refractivity contribution in [1.82, 2.24) is 9.97 Å². The first-order valence-electron chi connectivity index (χ1n) is 19.2. The Bertz CT molecular complexity index is 2560. The molecule has 0 spiro atoms. The van der Waals surface area contributed by atoms with Crippen LogP contribution in [0.15, 0.2) is 40.0 Å². The summed E-state index contributed by atoms with van der Waals surface area (Å²) in [5.41, 5.74) is -2.71. The molecule has 0 aromatic carbocycles. The average Bonchev–Trinajstić information content (AvgIpc) is 3.77. The molecule has 0 saturated carbocycles. The smallest absolute Gasteiger partial charge is 0.661 e. The molecule has 20 nitrogen and oxygen atoms in total. The molecule has 334 valence electrons. The van der Waals surface area contributed by atoms with Crippen LogP contribution < -0.4 is 20.7 Å². The number of carboxylic acids is 8. The number of allylic oxidation sites excluding steroid dienone is 4. The number of carboxylic acid groups (broad SMARTS) is 8. The van der Waals surface area contributed by atoms with Crippen molar-refractivity contribution in [3.05, 3.63) is 95.0 Å². The SMILES string of the molecule is C[C@@]1(CC(=O)O)C2=Cc3[n-]c(c(CCC(=O)O)c3CC(=O)O)C=c3[n-]c(c(CC(=O)O)c3CCC(=O)O)=CC3=C(CCC(=O)O)[C@](C)(CC(=O)O)C(=CC(=C1CCC(=O)O)[N-]2)[N-]3.[Fe+4]. The van der Waals surface area contributed by atoms with Gasteiger partial charge in [0.2, 0.25) is 0 Å². The largest absolute Gasteiger partial charge is 4.00 e. The molecule has 0 saturated heterocycles. The van der Waals surface area contributed by atoms with Gasteiger partial charge in [-0.25, -0.2) is 0 Å². The predicted octanol–water partition coefficient (Wildman–Crippen LogP) is 2.71. The minimum atomic E-state index is -1.61. The second-order valence-corrected chi connectivity index (χ2v) is 15.5. The summed E-state index contributed by atoms with van der Waals surface area (Å²) in [6, 6.07) is 0. The zero-order valence-corrected chi connectivity index (χ0v) is 34.9. The van der Waals surface area contributed by atoms with Crippen molar-refractivity contribution >= 4 is 66.0 Å². The zero-order chi connectivity index (χ0) is 45.8. The van der Waals surface area contributed by atoms with Crippen LogP contribution in [-0.2, 0) is 81.1 Å². The molecule has 63 heavy (non-hydrogen) atoms. The third-order valence-electron chi connectivity index (χ3n) is 11.1. The molecule has 2 atom stereocenters. The number of fused-ring (bicyclic) bond motifs is 8. The van der Waals surface area contributed by atoms with Crippen molar-refractivity contribution in [3.8, 4) is 0 Å². The van der Waals surface area contributed by atoms with E-state index < -0.39 is 110 Å². The van der Waals surface area contributed by atoms with E-state index in [4.69, 9.17) is 10.6 Å². The number of carbonyl (C=O) groups is 8. The number of aliphatic carboxylic acids is 8. The maximum Gasteiger partial charge on any atom is 4.00 e. The molecule has 0 radical (unpaired) electrons. The number of nitrogens with zero attached hydrogens (tertiary/aromatic N) is 4. The Labute approximate surface area is 368 Å². The maximum atomic E-state index is 12.6. The van der Waals surface area contributed by atoms with E-state index in [1.807, 2.05) is 0 Å². The van der Waals surface area contributed by atoms with Crippen LogP contribution >= 0.6 is 0 Å². The van der Waals surface area contributed by atoms with Crippen LogP contribution in [0.5, 0.6) is 0 Å². The molecule has 0 aliphatic carbocycles. The minimum absolute atomic E-state index is 0. The van der Waals surface area contributed by atoms with Crippen molar-refractivity contribution in [2.75, 3.05) is 0 Å². The molecule has 3 aliphatic heterocycles. The first-order chi connectivity index (χ1) is 29.0. The van der Waals surface area contributed by atoms with E-state index in [-0.39, 0.29) is 121 Å². The molecule has 8 bridgehead atoms. The summed E-state index contributed by atoms with van der Waals surface area (Å²) in [7, 11) is 0. The van der Waals surface area contributed by atoms with Gasteiger partial charge in [0, 0.05) is 36.5 Å². The Hall–Kier alpha value is -6.86. The predicted molar refractivity (Wildman–Crippen MR) is 213 cm³/mol. The zero-order valence-electron chi connectivity index (χ0n) is 33.8. The number of hydrogen-bond acceptors (Lipinski definition) is 8. The molecule has 2 aromatic heterocycles. The molecule has 5 heterocycles. The van der Waals surface area contributed by atoms with Crippen molar-refractivity contribution < 1.29 is 96.3 Å². The van der Waals surface area contributed by atoms with Gasteiger partial charge in [0.1, 0.15) is 0 Å². The molecule has 5 rings (SSSR count). The summed E-state index contributed by atoms with van der Waals surface area (Å²) < 4.78 is 0. The summed E-state index contributed by atoms with van der Waals surface area (Å²) in [6.45, 7) is 2.97. The van der Waals surface area contributed by atoms with Crippen LogP contribution in [0.25, 0.3) is 28.9 Å². The summed E-state index contributed by atoms with van der Waals surface area (Å²) in [5.74, 6) is -10.4. The summed E-state index contributed by atoms with van der Waals surface area (Å²) in [5, 5.41) is 88.9. The van der Waals surface area contributed by atoms with E-state index in [1.54, 1.807) is 0 Å². The van der Waals surface area contributed by atoms with Gasteiger partial charge in [0.05, 0.1) is 25.7 Å². The molecule has 0 fully saturated rings. The number of hydrogen-bond donors (Lipinski definition) is 8. The van der Waals surface area contributed by atoms with Crippen LogP contribution in [0, 0.1) is 10.8 Å². The molecule has 3 aliphatic rings. The summed E-state index contributed by atoms with van der Waals surface area (Å²) >= 11 is 0. The molecule has 0 unspecified atom stereocenters. The third-order valence-corrected chi connectivity index (χ3v) is 11.1. The van der Waals surface area contributed by atoms with E-state index in [1.165, 1.54) is 38.2 Å². The monoisotopic (exact) mass is 914 g/mol. The fourth-order valence-corrected chi connectivity index (χ4v) is 8.27. The van der Waals surface area contributed by atoms with E-state index >= 15 is 0 Å². The topological polar surface area (TPSA) is 355 Å². The Balaban J connectivity index is 0.00000871. The van der Waals surface area contributed by atoms with Gasteiger partial charge in [0.15, 0.2) is 0 Å². The standard InChI is InChI=1S/C42H42N4O16.Fe/c1-41(17-39(59)60)23(5-9-35(51)52)29-14-27-21(11-37(55)56)19(3-7-33(47)48)25(43-27)13-26-20(4-8-34(49)50)22(12-38(57)58)28(44-26)15-31-42(2,18-40(61)62)24(6-10-36(53)54)30(46-31)16-32(41)45-29;/h13-16H,3-12,17-18H2,1-2H3,(H,47,48)(H,49,50)(H,51,52)(H,53,54)(H,55,56)(H,57,58)(H,59,60)(H,61,62);/q-4;+4/t41-,42-;/m0./s1. The van der Waals surface area contributed by atoms with Crippen molar-refractivity contribution in [2.24, 2.45) is 10.8 Å².